The molecule has 3 aromatic carbocycles. The van der Waals surface area contributed by atoms with E-state index in [-0.39, 0.29) is 0 Å². The maximum atomic E-state index is 6.78. The molecule has 0 fully saturated rings. The number of aryl methyl sites for hydroxylation is 2. The molecule has 140 valence electrons. The van der Waals surface area contributed by atoms with Gasteiger partial charge in [-0.15, -0.1) is 0 Å². The summed E-state index contributed by atoms with van der Waals surface area (Å²) in [6, 6.07) is 20.5. The Morgan fingerprint density at radius 3 is 1.96 bits per heavy atom. The molecule has 0 atom stereocenters. The van der Waals surface area contributed by atoms with Crippen LogP contribution in [0.25, 0.3) is 33.2 Å². The summed E-state index contributed by atoms with van der Waals surface area (Å²) < 4.78 is 5.30. The molecular weight excluding hydrogens is 389 g/mol. The highest BCUT2D eigenvalue weighted by Gasteiger charge is 2.15. The summed E-state index contributed by atoms with van der Waals surface area (Å²) in [4.78, 5) is 4.73. The van der Waals surface area contributed by atoms with Gasteiger partial charge in [0.15, 0.2) is 0 Å². The van der Waals surface area contributed by atoms with Crippen LogP contribution in [0.3, 0.4) is 0 Å². The second-order valence-electron chi connectivity index (χ2n) is 6.83. The number of fused-ring (bicyclic) bond motifs is 1. The molecule has 28 heavy (non-hydrogen) atoms. The van der Waals surface area contributed by atoms with Gasteiger partial charge < -0.3 is 4.74 Å². The van der Waals surface area contributed by atoms with Gasteiger partial charge in [-0.3, -0.25) is 4.98 Å². The van der Waals surface area contributed by atoms with Gasteiger partial charge in [-0.2, -0.15) is 0 Å². The topological polar surface area (TPSA) is 22.1 Å². The average molecular weight is 408 g/mol. The standard InChI is InChI=1S/C24H19Cl2NO/c1-14-4-6-16(7-5-14)17-8-10-18(11-9-17)23-15(2)27-21-13-22(28-3)20(25)12-19(21)24(23)26/h4-13H,1-3H3. The fourth-order valence-corrected chi connectivity index (χ4v) is 4.05. The molecule has 0 bridgehead atoms. The minimum atomic E-state index is 0.517. The fraction of sp³-hybridized carbons (Fsp3) is 0.125. The first-order valence-corrected chi connectivity index (χ1v) is 9.74. The summed E-state index contributed by atoms with van der Waals surface area (Å²) in [7, 11) is 1.59. The molecule has 0 unspecified atom stereocenters. The van der Waals surface area contributed by atoms with Crippen LogP contribution in [0.1, 0.15) is 11.3 Å². The molecule has 1 aromatic heterocycles. The minimum Gasteiger partial charge on any atom is -0.495 e. The summed E-state index contributed by atoms with van der Waals surface area (Å²) in [6.45, 7) is 4.06. The number of aromatic nitrogens is 1. The van der Waals surface area contributed by atoms with Gasteiger partial charge in [0.1, 0.15) is 5.75 Å². The van der Waals surface area contributed by atoms with Crippen LogP contribution in [0.4, 0.5) is 0 Å². The number of benzene rings is 3. The smallest absolute Gasteiger partial charge is 0.139 e. The number of pyridine rings is 1. The van der Waals surface area contributed by atoms with Gasteiger partial charge in [-0.1, -0.05) is 77.3 Å². The van der Waals surface area contributed by atoms with Crippen LogP contribution in [0, 0.1) is 13.8 Å². The largest absolute Gasteiger partial charge is 0.495 e. The van der Waals surface area contributed by atoms with E-state index in [1.54, 1.807) is 7.11 Å². The van der Waals surface area contributed by atoms with Gasteiger partial charge in [0.2, 0.25) is 0 Å². The number of nitrogens with zero attached hydrogens (tertiary/aromatic N) is 1. The molecule has 0 radical (unpaired) electrons. The Kier molecular flexibility index (Phi) is 5.01. The van der Waals surface area contributed by atoms with Crippen molar-refractivity contribution in [1.82, 2.24) is 4.98 Å². The minimum absolute atomic E-state index is 0.517. The number of hydrogen-bond donors (Lipinski definition) is 0. The zero-order valence-corrected chi connectivity index (χ0v) is 17.4. The van der Waals surface area contributed by atoms with E-state index in [0.29, 0.717) is 15.8 Å². The summed E-state index contributed by atoms with van der Waals surface area (Å²) in [5.41, 5.74) is 7.19. The first kappa shape index (κ1) is 18.8. The van der Waals surface area contributed by atoms with Crippen molar-refractivity contribution >= 4 is 34.1 Å². The van der Waals surface area contributed by atoms with E-state index in [9.17, 15) is 0 Å². The zero-order valence-electron chi connectivity index (χ0n) is 15.9. The first-order chi connectivity index (χ1) is 13.5. The predicted octanol–water partition coefficient (Wildman–Crippen LogP) is 7.50. The fourth-order valence-electron chi connectivity index (χ4n) is 3.41. The summed E-state index contributed by atoms with van der Waals surface area (Å²) >= 11 is 13.1. The van der Waals surface area contributed by atoms with Gasteiger partial charge in [0.25, 0.3) is 0 Å². The van der Waals surface area contributed by atoms with Crippen LogP contribution >= 0.6 is 23.2 Å². The second kappa shape index (κ2) is 7.46. The molecule has 0 aliphatic heterocycles. The van der Waals surface area contributed by atoms with Crippen molar-refractivity contribution in [2.75, 3.05) is 7.11 Å². The lowest BCUT2D eigenvalue weighted by Crippen LogP contribution is -1.94. The van der Waals surface area contributed by atoms with Crippen LogP contribution in [0.5, 0.6) is 5.75 Å². The SMILES string of the molecule is COc1cc2nc(C)c(-c3ccc(-c4ccc(C)cc4)cc3)c(Cl)c2cc1Cl. The van der Waals surface area contributed by atoms with Crippen LogP contribution < -0.4 is 4.74 Å². The van der Waals surface area contributed by atoms with Gasteiger partial charge >= 0.3 is 0 Å². The lowest BCUT2D eigenvalue weighted by atomic mass is 9.98. The molecule has 4 rings (SSSR count). The summed E-state index contributed by atoms with van der Waals surface area (Å²) in [5, 5.41) is 1.98. The normalized spacial score (nSPS) is 11.0. The van der Waals surface area contributed by atoms with Gasteiger partial charge in [0, 0.05) is 22.7 Å². The Morgan fingerprint density at radius 1 is 0.786 bits per heavy atom. The number of rotatable bonds is 3. The van der Waals surface area contributed by atoms with E-state index in [2.05, 4.69) is 55.5 Å². The number of halogens is 2. The molecule has 0 N–H and O–H groups in total. The van der Waals surface area contributed by atoms with Crippen LogP contribution in [-0.4, -0.2) is 12.1 Å². The van der Waals surface area contributed by atoms with E-state index in [4.69, 9.17) is 32.9 Å². The highest BCUT2D eigenvalue weighted by Crippen LogP contribution is 2.39. The van der Waals surface area contributed by atoms with Crippen LogP contribution in [0.2, 0.25) is 10.0 Å². The molecule has 0 aliphatic carbocycles. The van der Waals surface area contributed by atoms with E-state index < -0.39 is 0 Å². The Morgan fingerprint density at radius 2 is 1.36 bits per heavy atom. The second-order valence-corrected chi connectivity index (χ2v) is 7.62. The van der Waals surface area contributed by atoms with E-state index >= 15 is 0 Å². The van der Waals surface area contributed by atoms with E-state index in [0.717, 1.165) is 27.7 Å². The lowest BCUT2D eigenvalue weighted by Gasteiger charge is -2.13. The predicted molar refractivity (Wildman–Crippen MR) is 119 cm³/mol. The van der Waals surface area contributed by atoms with Crippen molar-refractivity contribution in [2.45, 2.75) is 13.8 Å². The molecule has 0 saturated carbocycles. The highest BCUT2D eigenvalue weighted by molar-refractivity contribution is 6.39. The van der Waals surface area contributed by atoms with Gasteiger partial charge in [-0.05, 0) is 36.6 Å². The van der Waals surface area contributed by atoms with Crippen molar-refractivity contribution in [3.8, 4) is 28.0 Å². The monoisotopic (exact) mass is 407 g/mol. The third-order valence-electron chi connectivity index (χ3n) is 4.93. The lowest BCUT2D eigenvalue weighted by molar-refractivity contribution is 0.415. The van der Waals surface area contributed by atoms with Gasteiger partial charge in [0.05, 0.1) is 22.7 Å². The van der Waals surface area contributed by atoms with Gasteiger partial charge in [-0.25, -0.2) is 0 Å². The quantitative estimate of drug-likeness (QED) is 0.350. The van der Waals surface area contributed by atoms with Crippen molar-refractivity contribution in [2.24, 2.45) is 0 Å². The molecule has 2 nitrogen and oxygen atoms in total. The molecule has 4 aromatic rings. The van der Waals surface area contributed by atoms with Crippen molar-refractivity contribution in [3.63, 3.8) is 0 Å². The first-order valence-electron chi connectivity index (χ1n) is 8.98. The maximum Gasteiger partial charge on any atom is 0.139 e. The maximum absolute atomic E-state index is 6.78. The molecule has 4 heteroatoms. The molecule has 0 saturated heterocycles. The van der Waals surface area contributed by atoms with Crippen LogP contribution in [0.15, 0.2) is 60.7 Å². The van der Waals surface area contributed by atoms with Crippen molar-refractivity contribution in [1.29, 1.82) is 0 Å². The molecule has 1 heterocycles. The van der Waals surface area contributed by atoms with E-state index in [1.807, 2.05) is 19.1 Å². The number of methoxy groups -OCH3 is 1. The molecular formula is C24H19Cl2NO. The molecule has 0 aliphatic rings. The molecule has 0 amide bonds. The summed E-state index contributed by atoms with van der Waals surface area (Å²) in [6.07, 6.45) is 0. The third-order valence-corrected chi connectivity index (χ3v) is 5.62. The Balaban J connectivity index is 1.81. The third kappa shape index (κ3) is 3.34. The van der Waals surface area contributed by atoms with Crippen LogP contribution in [-0.2, 0) is 0 Å². The van der Waals surface area contributed by atoms with Crippen molar-refractivity contribution < 1.29 is 4.74 Å². The number of hydrogen-bond acceptors (Lipinski definition) is 2. The van der Waals surface area contributed by atoms with E-state index in [1.165, 1.54) is 16.7 Å². The Hall–Kier alpha value is -2.55. The zero-order chi connectivity index (χ0) is 19.8. The number of ether oxygens (including phenoxy) is 1. The Bertz CT molecular complexity index is 1170. The summed E-state index contributed by atoms with van der Waals surface area (Å²) in [5.74, 6) is 0.590. The average Bonchev–Trinajstić information content (AvgIpc) is 2.69. The van der Waals surface area contributed by atoms with Crippen molar-refractivity contribution in [3.05, 3.63) is 82.0 Å². The highest BCUT2D eigenvalue weighted by atomic mass is 35.5. The Labute approximate surface area is 174 Å². The molecule has 0 spiro atoms.